The van der Waals surface area contributed by atoms with E-state index in [9.17, 15) is 19.5 Å². The number of nitrogens with two attached hydrogens (primary N) is 1. The average molecular weight is 419 g/mol. The zero-order valence-electron chi connectivity index (χ0n) is 16.4. The van der Waals surface area contributed by atoms with Crippen molar-refractivity contribution >= 4 is 29.3 Å². The van der Waals surface area contributed by atoms with Crippen molar-refractivity contribution in [3.05, 3.63) is 90.0 Å². The molecule has 0 radical (unpaired) electrons. The van der Waals surface area contributed by atoms with Gasteiger partial charge in [-0.05, 0) is 35.9 Å². The van der Waals surface area contributed by atoms with Gasteiger partial charge in [-0.2, -0.15) is 0 Å². The molecule has 8 heteroatoms. The topological polar surface area (TPSA) is 131 Å². The third kappa shape index (κ3) is 6.07. The number of hydrogen-bond donors (Lipinski definition) is 4. The number of para-hydroxylation sites is 2. The van der Waals surface area contributed by atoms with Gasteiger partial charge in [0.05, 0.1) is 12.1 Å². The third-order valence-corrected chi connectivity index (χ3v) is 4.33. The van der Waals surface area contributed by atoms with E-state index in [0.717, 1.165) is 0 Å². The lowest BCUT2D eigenvalue weighted by molar-refractivity contribution is -0.138. The summed E-state index contributed by atoms with van der Waals surface area (Å²) >= 11 is 0. The number of amides is 3. The summed E-state index contributed by atoms with van der Waals surface area (Å²) in [7, 11) is 0. The zero-order chi connectivity index (χ0) is 22.2. The van der Waals surface area contributed by atoms with Crippen LogP contribution in [0.4, 0.5) is 16.2 Å². The molecule has 3 aromatic rings. The SMILES string of the molecule is NC(=O)Nc1cccc(C(=O)Nc2ccccc2OC(CC(=O)O)c2ccccc2)c1. The van der Waals surface area contributed by atoms with Crippen molar-refractivity contribution in [1.82, 2.24) is 0 Å². The van der Waals surface area contributed by atoms with Crippen LogP contribution < -0.4 is 21.1 Å². The smallest absolute Gasteiger partial charge is 0.316 e. The van der Waals surface area contributed by atoms with Gasteiger partial charge in [0.15, 0.2) is 0 Å². The van der Waals surface area contributed by atoms with Gasteiger partial charge in [-0.15, -0.1) is 0 Å². The van der Waals surface area contributed by atoms with Gasteiger partial charge in [0.2, 0.25) is 0 Å². The summed E-state index contributed by atoms with van der Waals surface area (Å²) in [5, 5.41) is 14.5. The molecule has 0 aromatic heterocycles. The molecule has 31 heavy (non-hydrogen) atoms. The first-order valence-electron chi connectivity index (χ1n) is 9.42. The fraction of sp³-hybridized carbons (Fsp3) is 0.0870. The van der Waals surface area contributed by atoms with Crippen LogP contribution in [-0.4, -0.2) is 23.0 Å². The summed E-state index contributed by atoms with van der Waals surface area (Å²) in [6, 6.07) is 21.3. The lowest BCUT2D eigenvalue weighted by atomic mass is 10.1. The summed E-state index contributed by atoms with van der Waals surface area (Å²) in [6.07, 6.45) is -0.979. The lowest BCUT2D eigenvalue weighted by Crippen LogP contribution is -2.20. The maximum Gasteiger partial charge on any atom is 0.316 e. The molecule has 3 aromatic carbocycles. The molecule has 0 bridgehead atoms. The number of urea groups is 1. The highest BCUT2D eigenvalue weighted by Crippen LogP contribution is 2.31. The van der Waals surface area contributed by atoms with Gasteiger partial charge in [-0.3, -0.25) is 9.59 Å². The minimum atomic E-state index is -1.01. The second kappa shape index (κ2) is 9.93. The molecule has 3 rings (SSSR count). The van der Waals surface area contributed by atoms with Gasteiger partial charge in [0.25, 0.3) is 5.91 Å². The zero-order valence-corrected chi connectivity index (χ0v) is 16.4. The number of carbonyl (C=O) groups is 3. The van der Waals surface area contributed by atoms with Crippen LogP contribution >= 0.6 is 0 Å². The highest BCUT2D eigenvalue weighted by molar-refractivity contribution is 6.06. The molecule has 0 fully saturated rings. The quantitative estimate of drug-likeness (QED) is 0.438. The first kappa shape index (κ1) is 21.4. The molecule has 0 aliphatic heterocycles. The highest BCUT2D eigenvalue weighted by Gasteiger charge is 2.19. The predicted octanol–water partition coefficient (Wildman–Crippen LogP) is 4.02. The fourth-order valence-electron chi connectivity index (χ4n) is 2.95. The van der Waals surface area contributed by atoms with Crippen molar-refractivity contribution in [2.45, 2.75) is 12.5 Å². The van der Waals surface area contributed by atoms with E-state index in [1.54, 1.807) is 66.7 Å². The number of hydrogen-bond acceptors (Lipinski definition) is 4. The van der Waals surface area contributed by atoms with E-state index in [-0.39, 0.29) is 6.42 Å². The monoisotopic (exact) mass is 419 g/mol. The number of benzene rings is 3. The molecule has 0 spiro atoms. The number of carbonyl (C=O) groups excluding carboxylic acids is 2. The Morgan fingerprint density at radius 3 is 2.32 bits per heavy atom. The molecule has 0 aliphatic rings. The largest absolute Gasteiger partial charge is 0.483 e. The molecular weight excluding hydrogens is 398 g/mol. The molecule has 0 saturated carbocycles. The molecule has 8 nitrogen and oxygen atoms in total. The van der Waals surface area contributed by atoms with Crippen LogP contribution in [0.25, 0.3) is 0 Å². The van der Waals surface area contributed by atoms with E-state index in [1.165, 1.54) is 6.07 Å². The Labute approximate surface area is 178 Å². The van der Waals surface area contributed by atoms with Gasteiger partial charge >= 0.3 is 12.0 Å². The van der Waals surface area contributed by atoms with Gasteiger partial charge in [-0.1, -0.05) is 48.5 Å². The summed E-state index contributed by atoms with van der Waals surface area (Å²) in [6.45, 7) is 0. The lowest BCUT2D eigenvalue weighted by Gasteiger charge is -2.20. The number of rotatable bonds is 8. The fourth-order valence-corrected chi connectivity index (χ4v) is 2.95. The molecule has 1 atom stereocenters. The van der Waals surface area contributed by atoms with Gasteiger partial charge in [0, 0.05) is 11.3 Å². The number of primary amides is 1. The van der Waals surface area contributed by atoms with Gasteiger partial charge < -0.3 is 26.2 Å². The third-order valence-electron chi connectivity index (χ3n) is 4.33. The molecule has 158 valence electrons. The molecule has 3 amide bonds. The first-order valence-corrected chi connectivity index (χ1v) is 9.42. The van der Waals surface area contributed by atoms with Crippen LogP contribution in [0.15, 0.2) is 78.9 Å². The van der Waals surface area contributed by atoms with E-state index in [1.807, 2.05) is 6.07 Å². The minimum Gasteiger partial charge on any atom is -0.483 e. The maximum absolute atomic E-state index is 12.7. The molecule has 0 saturated heterocycles. The molecule has 1 unspecified atom stereocenters. The Bertz CT molecular complexity index is 1090. The number of aliphatic carboxylic acids is 1. The van der Waals surface area contributed by atoms with Crippen LogP contribution in [0.5, 0.6) is 5.75 Å². The number of ether oxygens (including phenoxy) is 1. The van der Waals surface area contributed by atoms with Crippen molar-refractivity contribution in [2.75, 3.05) is 10.6 Å². The van der Waals surface area contributed by atoms with E-state index in [0.29, 0.717) is 28.3 Å². The number of nitrogens with one attached hydrogen (secondary N) is 2. The van der Waals surface area contributed by atoms with E-state index < -0.39 is 24.0 Å². The number of anilines is 2. The van der Waals surface area contributed by atoms with Crippen molar-refractivity contribution in [3.8, 4) is 5.75 Å². The first-order chi connectivity index (χ1) is 14.9. The van der Waals surface area contributed by atoms with Crippen molar-refractivity contribution in [2.24, 2.45) is 5.73 Å². The van der Waals surface area contributed by atoms with Crippen molar-refractivity contribution in [3.63, 3.8) is 0 Å². The standard InChI is InChI=1S/C23H21N3O5/c24-23(30)25-17-10-6-9-16(13-17)22(29)26-18-11-4-5-12-19(18)31-20(14-21(27)28)15-7-2-1-3-8-15/h1-13,20H,14H2,(H,26,29)(H,27,28)(H3,24,25,30). The number of carboxylic acid groups (broad SMARTS) is 1. The Balaban J connectivity index is 1.82. The Morgan fingerprint density at radius 2 is 1.61 bits per heavy atom. The van der Waals surface area contributed by atoms with Gasteiger partial charge in [-0.25, -0.2) is 4.79 Å². The molecule has 0 heterocycles. The van der Waals surface area contributed by atoms with E-state index in [4.69, 9.17) is 10.5 Å². The minimum absolute atomic E-state index is 0.243. The van der Waals surface area contributed by atoms with Crippen LogP contribution in [0, 0.1) is 0 Å². The Kier molecular flexibility index (Phi) is 6.85. The van der Waals surface area contributed by atoms with Crippen LogP contribution in [-0.2, 0) is 4.79 Å². The molecule has 0 aliphatic carbocycles. The van der Waals surface area contributed by atoms with Crippen LogP contribution in [0.3, 0.4) is 0 Å². The second-order valence-corrected chi connectivity index (χ2v) is 6.64. The van der Waals surface area contributed by atoms with Crippen molar-refractivity contribution in [1.29, 1.82) is 0 Å². The van der Waals surface area contributed by atoms with Crippen molar-refractivity contribution < 1.29 is 24.2 Å². The average Bonchev–Trinajstić information content (AvgIpc) is 2.74. The van der Waals surface area contributed by atoms with E-state index >= 15 is 0 Å². The highest BCUT2D eigenvalue weighted by atomic mass is 16.5. The summed E-state index contributed by atoms with van der Waals surface area (Å²) in [5.74, 6) is -1.11. The second-order valence-electron chi connectivity index (χ2n) is 6.64. The molecule has 5 N–H and O–H groups in total. The Morgan fingerprint density at radius 1 is 0.903 bits per heavy atom. The van der Waals surface area contributed by atoms with E-state index in [2.05, 4.69) is 10.6 Å². The van der Waals surface area contributed by atoms with Crippen LogP contribution in [0.2, 0.25) is 0 Å². The Hall–Kier alpha value is -4.33. The van der Waals surface area contributed by atoms with Crippen LogP contribution in [0.1, 0.15) is 28.4 Å². The maximum atomic E-state index is 12.7. The summed E-state index contributed by atoms with van der Waals surface area (Å²) in [5.41, 5.74) is 6.88. The molecular formula is C23H21N3O5. The van der Waals surface area contributed by atoms with Gasteiger partial charge in [0.1, 0.15) is 11.9 Å². The number of carboxylic acids is 1. The predicted molar refractivity (Wildman–Crippen MR) is 116 cm³/mol. The summed E-state index contributed by atoms with van der Waals surface area (Å²) < 4.78 is 5.99. The normalized spacial score (nSPS) is 11.2. The summed E-state index contributed by atoms with van der Waals surface area (Å²) in [4.78, 5) is 35.1.